The average molecular weight is 341 g/mol. The van der Waals surface area contributed by atoms with Crippen LogP contribution in [-0.4, -0.2) is 76.1 Å². The first-order chi connectivity index (χ1) is 9.85. The topological polar surface area (TPSA) is 147 Å². The summed E-state index contributed by atoms with van der Waals surface area (Å²) in [4.78, 5) is 0. The third-order valence-corrected chi connectivity index (χ3v) is 7.65. The molecule has 0 aliphatic rings. The predicted octanol–water partition coefficient (Wildman–Crippen LogP) is -2.58. The summed E-state index contributed by atoms with van der Waals surface area (Å²) in [7, 11) is -0.376. The van der Waals surface area contributed by atoms with Crippen LogP contribution < -0.4 is 27.2 Å². The Morgan fingerprint density at radius 2 is 1.52 bits per heavy atom. The monoisotopic (exact) mass is 340 g/mol. The molecule has 0 aromatic carbocycles. The van der Waals surface area contributed by atoms with E-state index in [1.807, 2.05) is 4.57 Å². The molecule has 0 aromatic heterocycles. The third-order valence-electron chi connectivity index (χ3n) is 3.27. The number of hydrogen-bond donors (Lipinski definition) is 5. The Bertz CT molecular complexity index is 257. The van der Waals surface area contributed by atoms with E-state index in [2.05, 4.69) is 5.32 Å². The van der Waals surface area contributed by atoms with Gasteiger partial charge in [-0.15, -0.1) is 0 Å². The van der Waals surface area contributed by atoms with Crippen LogP contribution in [0.25, 0.3) is 0 Å². The molecule has 0 fully saturated rings. The standard InChI is InChI=1S/C10H32N6O3Si2/c1-17-20(18-2,19-3)10-4-6-15-7-9-16(8-5-11)21(12,13)14/h15H,4-14H2,1-3H3. The van der Waals surface area contributed by atoms with E-state index in [1.54, 1.807) is 21.3 Å². The summed E-state index contributed by atoms with van der Waals surface area (Å²) in [6.45, 7) is 3.38. The molecular weight excluding hydrogens is 308 g/mol. The molecule has 9 N–H and O–H groups in total. The zero-order valence-corrected chi connectivity index (χ0v) is 15.4. The summed E-state index contributed by atoms with van der Waals surface area (Å²) in [6.07, 6.45) is 0.898. The molecule has 0 aliphatic carbocycles. The molecule has 0 aliphatic heterocycles. The van der Waals surface area contributed by atoms with Gasteiger partial charge in [0.1, 0.15) is 0 Å². The van der Waals surface area contributed by atoms with Gasteiger partial charge in [-0.3, -0.25) is 4.57 Å². The smallest absolute Gasteiger partial charge is 0.377 e. The lowest BCUT2D eigenvalue weighted by atomic mass is 10.4. The van der Waals surface area contributed by atoms with Crippen LogP contribution >= 0.6 is 0 Å². The molecule has 0 rings (SSSR count). The predicted molar refractivity (Wildman–Crippen MR) is 88.0 cm³/mol. The second kappa shape index (κ2) is 10.7. The number of hydrogen-bond acceptors (Lipinski definition) is 9. The van der Waals surface area contributed by atoms with Crippen LogP contribution in [0.2, 0.25) is 6.04 Å². The quantitative estimate of drug-likeness (QED) is 0.180. The van der Waals surface area contributed by atoms with Gasteiger partial charge in [0.15, 0.2) is 0 Å². The number of nitrogens with two attached hydrogens (primary N) is 4. The second-order valence-electron chi connectivity index (χ2n) is 4.81. The first kappa shape index (κ1) is 21.1. The van der Waals surface area contributed by atoms with Gasteiger partial charge >= 0.3 is 17.5 Å². The first-order valence-corrected chi connectivity index (χ1v) is 11.1. The molecule has 21 heavy (non-hydrogen) atoms. The largest absolute Gasteiger partial charge is 0.500 e. The van der Waals surface area contributed by atoms with E-state index >= 15 is 0 Å². The Labute approximate surface area is 129 Å². The van der Waals surface area contributed by atoms with Gasteiger partial charge in [-0.2, -0.15) is 0 Å². The van der Waals surface area contributed by atoms with E-state index in [4.69, 9.17) is 35.2 Å². The number of rotatable bonds is 13. The first-order valence-electron chi connectivity index (χ1n) is 7.03. The van der Waals surface area contributed by atoms with Crippen LogP contribution in [-0.2, 0) is 13.3 Å². The Hall–Kier alpha value is 0.0738. The third kappa shape index (κ3) is 8.32. The highest BCUT2D eigenvalue weighted by Crippen LogP contribution is 2.14. The molecule has 128 valence electrons. The van der Waals surface area contributed by atoms with Crippen molar-refractivity contribution in [1.82, 2.24) is 9.88 Å². The zero-order chi connectivity index (χ0) is 16.4. The summed E-state index contributed by atoms with van der Waals surface area (Å²) in [5, 5.41) is 20.8. The molecule has 0 radical (unpaired) electrons. The van der Waals surface area contributed by atoms with E-state index < -0.39 is 17.5 Å². The minimum atomic E-state index is -2.76. The van der Waals surface area contributed by atoms with Crippen LogP contribution in [0.4, 0.5) is 0 Å². The van der Waals surface area contributed by atoms with Crippen molar-refractivity contribution in [3.05, 3.63) is 0 Å². The van der Waals surface area contributed by atoms with E-state index in [-0.39, 0.29) is 0 Å². The molecular formula is C10H32N6O3Si2. The molecule has 0 saturated carbocycles. The molecule has 0 unspecified atom stereocenters. The maximum Gasteiger partial charge on any atom is 0.500 e. The van der Waals surface area contributed by atoms with Crippen molar-refractivity contribution in [3.8, 4) is 0 Å². The Morgan fingerprint density at radius 1 is 0.952 bits per heavy atom. The van der Waals surface area contributed by atoms with E-state index in [1.165, 1.54) is 0 Å². The summed E-state index contributed by atoms with van der Waals surface area (Å²) < 4.78 is 17.9. The molecule has 0 amide bonds. The van der Waals surface area contributed by atoms with Crippen LogP contribution in [0, 0.1) is 0 Å². The molecule has 0 aromatic rings. The summed E-state index contributed by atoms with van der Waals surface area (Å²) >= 11 is 0. The summed E-state index contributed by atoms with van der Waals surface area (Å²) in [5.41, 5.74) is 5.53. The highest BCUT2D eigenvalue weighted by Gasteiger charge is 2.36. The van der Waals surface area contributed by atoms with Crippen LogP contribution in [0.3, 0.4) is 0 Å². The van der Waals surface area contributed by atoms with Crippen molar-refractivity contribution in [2.24, 2.45) is 21.9 Å². The van der Waals surface area contributed by atoms with Gasteiger partial charge in [0.2, 0.25) is 0 Å². The molecule has 0 spiro atoms. The van der Waals surface area contributed by atoms with E-state index in [0.717, 1.165) is 25.6 Å². The Morgan fingerprint density at radius 3 is 1.95 bits per heavy atom. The highest BCUT2D eigenvalue weighted by molar-refractivity contribution is 6.67. The maximum atomic E-state index is 5.81. The highest BCUT2D eigenvalue weighted by atomic mass is 28.4. The lowest BCUT2D eigenvalue weighted by molar-refractivity contribution is 0.123. The van der Waals surface area contributed by atoms with Gasteiger partial charge in [-0.1, -0.05) is 0 Å². The number of nitrogens with one attached hydrogen (secondary N) is 1. The van der Waals surface area contributed by atoms with Crippen LogP contribution in [0.5, 0.6) is 0 Å². The number of nitrogens with zero attached hydrogens (tertiary/aromatic N) is 1. The minimum Gasteiger partial charge on any atom is -0.377 e. The fourth-order valence-electron chi connectivity index (χ4n) is 1.98. The fourth-order valence-corrected chi connectivity index (χ4v) is 4.72. The molecule has 0 saturated heterocycles. The lowest BCUT2D eigenvalue weighted by Crippen LogP contribution is -2.77. The Kier molecular flexibility index (Phi) is 10.8. The normalized spacial score (nSPS) is 13.1. The molecule has 0 atom stereocenters. The van der Waals surface area contributed by atoms with Gasteiger partial charge < -0.3 is 40.5 Å². The second-order valence-corrected chi connectivity index (χ2v) is 10.3. The Balaban J connectivity index is 3.90. The SMILES string of the molecule is CO[Si](CCCNCCN(CCN)[Si](N)(N)N)(OC)OC. The van der Waals surface area contributed by atoms with Crippen molar-refractivity contribution < 1.29 is 13.3 Å². The van der Waals surface area contributed by atoms with Crippen molar-refractivity contribution >= 4 is 17.5 Å². The maximum absolute atomic E-state index is 5.81. The van der Waals surface area contributed by atoms with Crippen molar-refractivity contribution in [1.29, 1.82) is 0 Å². The van der Waals surface area contributed by atoms with Gasteiger partial charge in [0, 0.05) is 53.6 Å². The lowest BCUT2D eigenvalue weighted by Gasteiger charge is -2.31. The van der Waals surface area contributed by atoms with Gasteiger partial charge in [-0.25, -0.2) is 0 Å². The molecule has 0 heterocycles. The minimum absolute atomic E-state index is 0.490. The summed E-state index contributed by atoms with van der Waals surface area (Å²) in [5.74, 6) is 0. The van der Waals surface area contributed by atoms with E-state index in [0.29, 0.717) is 19.6 Å². The van der Waals surface area contributed by atoms with Gasteiger partial charge in [0.05, 0.1) is 0 Å². The van der Waals surface area contributed by atoms with Crippen molar-refractivity contribution in [2.45, 2.75) is 12.5 Å². The van der Waals surface area contributed by atoms with Crippen molar-refractivity contribution in [3.63, 3.8) is 0 Å². The zero-order valence-electron chi connectivity index (χ0n) is 13.4. The van der Waals surface area contributed by atoms with Crippen molar-refractivity contribution in [2.75, 3.05) is 54.1 Å². The van der Waals surface area contributed by atoms with E-state index in [9.17, 15) is 0 Å². The van der Waals surface area contributed by atoms with Crippen LogP contribution in [0.15, 0.2) is 0 Å². The fraction of sp³-hybridized carbons (Fsp3) is 1.00. The van der Waals surface area contributed by atoms with Gasteiger partial charge in [0.25, 0.3) is 0 Å². The molecule has 11 heteroatoms. The average Bonchev–Trinajstić information content (AvgIpc) is 2.45. The summed E-state index contributed by atoms with van der Waals surface area (Å²) in [6, 6.07) is 0.763. The van der Waals surface area contributed by atoms with Crippen LogP contribution in [0.1, 0.15) is 6.42 Å². The molecule has 0 bridgehead atoms. The van der Waals surface area contributed by atoms with Gasteiger partial charge in [-0.05, 0) is 13.0 Å². The molecule has 9 nitrogen and oxygen atoms in total.